The summed E-state index contributed by atoms with van der Waals surface area (Å²) in [4.78, 5) is 14.3. The number of rotatable bonds is 4. The van der Waals surface area contributed by atoms with E-state index in [1.807, 2.05) is 0 Å². The van der Waals surface area contributed by atoms with Crippen LogP contribution in [0.5, 0.6) is 5.75 Å². The van der Waals surface area contributed by atoms with Gasteiger partial charge in [0, 0.05) is 12.6 Å². The van der Waals surface area contributed by atoms with Crippen molar-refractivity contribution in [1.29, 1.82) is 0 Å². The molecule has 19 heavy (non-hydrogen) atoms. The van der Waals surface area contributed by atoms with Gasteiger partial charge in [0.1, 0.15) is 11.4 Å². The van der Waals surface area contributed by atoms with Crippen molar-refractivity contribution in [1.82, 2.24) is 4.98 Å². The van der Waals surface area contributed by atoms with Crippen molar-refractivity contribution >= 4 is 16.8 Å². The van der Waals surface area contributed by atoms with Crippen molar-refractivity contribution in [2.75, 3.05) is 0 Å². The molecule has 0 saturated heterocycles. The molecule has 0 spiro atoms. The second kappa shape index (κ2) is 5.66. The second-order valence-corrected chi connectivity index (χ2v) is 3.54. The summed E-state index contributed by atoms with van der Waals surface area (Å²) in [6, 6.07) is 0.299. The van der Waals surface area contributed by atoms with Crippen LogP contribution in [0.2, 0.25) is 0 Å². The van der Waals surface area contributed by atoms with E-state index in [0.29, 0.717) is 6.07 Å². The van der Waals surface area contributed by atoms with Crippen LogP contribution in [0.1, 0.15) is 28.2 Å². The van der Waals surface area contributed by atoms with Gasteiger partial charge in [0.05, 0.1) is 11.3 Å². The summed E-state index contributed by atoms with van der Waals surface area (Å²) in [5, 5.41) is -1.34. The van der Waals surface area contributed by atoms with Gasteiger partial charge in [0.25, 0.3) is 11.7 Å². The molecule has 2 N–H and O–H groups in total. The smallest absolute Gasteiger partial charge is 0.405 e. The molecule has 0 aliphatic rings. The lowest BCUT2D eigenvalue weighted by Crippen LogP contribution is -2.20. The number of hydrogen-bond acceptors (Lipinski definition) is 4. The van der Waals surface area contributed by atoms with Gasteiger partial charge in [-0.1, -0.05) is 0 Å². The lowest BCUT2D eigenvalue weighted by Gasteiger charge is -2.15. The number of hydrogen-bond donors (Lipinski definition) is 1. The van der Waals surface area contributed by atoms with Gasteiger partial charge in [-0.2, -0.15) is 0 Å². The Morgan fingerprint density at radius 1 is 1.47 bits per heavy atom. The van der Waals surface area contributed by atoms with Gasteiger partial charge in [-0.15, -0.1) is 13.2 Å². The van der Waals surface area contributed by atoms with Gasteiger partial charge >= 0.3 is 6.36 Å². The fourth-order valence-electron chi connectivity index (χ4n) is 1.27. The van der Waals surface area contributed by atoms with Crippen LogP contribution < -0.4 is 10.5 Å². The Hall–Kier alpha value is -1.48. The third kappa shape index (κ3) is 4.00. The molecular weight excluding hydrogens is 299 g/mol. The maximum absolute atomic E-state index is 12.5. The van der Waals surface area contributed by atoms with Crippen molar-refractivity contribution in [3.05, 3.63) is 23.0 Å². The van der Waals surface area contributed by atoms with E-state index >= 15 is 0 Å². The van der Waals surface area contributed by atoms with Crippen LogP contribution >= 0.6 is 11.6 Å². The van der Waals surface area contributed by atoms with E-state index in [4.69, 9.17) is 17.3 Å². The quantitative estimate of drug-likeness (QED) is 0.686. The highest BCUT2D eigenvalue weighted by Gasteiger charge is 2.34. The zero-order valence-electron chi connectivity index (χ0n) is 8.97. The highest BCUT2D eigenvalue weighted by atomic mass is 35.5. The maximum atomic E-state index is 12.5. The van der Waals surface area contributed by atoms with Crippen LogP contribution in [0.25, 0.3) is 0 Å². The van der Waals surface area contributed by atoms with Crippen LogP contribution in [0, 0.1) is 0 Å². The Balaban J connectivity index is 3.45. The largest absolute Gasteiger partial charge is 0.573 e. The van der Waals surface area contributed by atoms with Gasteiger partial charge in [0.15, 0.2) is 0 Å². The standard InChI is InChI=1S/C9H6ClF5N2O2/c10-7(18)6-4(2-16)17-3(8(11)12)1-5(6)19-9(13,14)15/h1,8H,2,16H2. The Kier molecular flexibility index (Phi) is 4.64. The molecule has 0 aliphatic carbocycles. The number of nitrogens with two attached hydrogens (primary N) is 1. The summed E-state index contributed by atoms with van der Waals surface area (Å²) in [6.45, 7) is -0.553. The minimum Gasteiger partial charge on any atom is -0.405 e. The predicted molar refractivity (Wildman–Crippen MR) is 54.0 cm³/mol. The molecular formula is C9H6ClF5N2O2. The molecule has 4 nitrogen and oxygen atoms in total. The molecule has 0 aliphatic heterocycles. The average Bonchev–Trinajstić information content (AvgIpc) is 2.24. The van der Waals surface area contributed by atoms with E-state index in [9.17, 15) is 26.7 Å². The third-order valence-corrected chi connectivity index (χ3v) is 2.11. The fourth-order valence-corrected chi connectivity index (χ4v) is 1.47. The Morgan fingerprint density at radius 3 is 2.42 bits per heavy atom. The van der Waals surface area contributed by atoms with Crippen LogP contribution in [0.4, 0.5) is 22.0 Å². The van der Waals surface area contributed by atoms with Crippen LogP contribution in [-0.4, -0.2) is 16.6 Å². The lowest BCUT2D eigenvalue weighted by molar-refractivity contribution is -0.274. The molecule has 0 amide bonds. The van der Waals surface area contributed by atoms with Crippen molar-refractivity contribution in [3.63, 3.8) is 0 Å². The van der Waals surface area contributed by atoms with Crippen molar-refractivity contribution < 1.29 is 31.5 Å². The first-order valence-electron chi connectivity index (χ1n) is 4.63. The van der Waals surface area contributed by atoms with Gasteiger partial charge in [-0.3, -0.25) is 4.79 Å². The zero-order valence-corrected chi connectivity index (χ0v) is 9.73. The fraction of sp³-hybridized carbons (Fsp3) is 0.333. The highest BCUT2D eigenvalue weighted by molar-refractivity contribution is 6.68. The maximum Gasteiger partial charge on any atom is 0.573 e. The topological polar surface area (TPSA) is 65.2 Å². The number of carbonyl (C=O) groups is 1. The first-order valence-corrected chi connectivity index (χ1v) is 5.01. The predicted octanol–water partition coefficient (Wildman–Crippen LogP) is 2.76. The Labute approximate surface area is 108 Å². The molecule has 0 radical (unpaired) electrons. The van der Waals surface area contributed by atoms with Crippen LogP contribution in [0.15, 0.2) is 6.07 Å². The molecule has 1 aromatic heterocycles. The van der Waals surface area contributed by atoms with Crippen molar-refractivity contribution in [2.24, 2.45) is 5.73 Å². The normalized spacial score (nSPS) is 11.8. The molecule has 0 aromatic carbocycles. The molecule has 0 unspecified atom stereocenters. The summed E-state index contributed by atoms with van der Waals surface area (Å²) in [6.07, 6.45) is -8.33. The molecule has 0 fully saturated rings. The molecule has 1 heterocycles. The summed E-state index contributed by atoms with van der Waals surface area (Å²) in [5.41, 5.74) is 2.85. The van der Waals surface area contributed by atoms with Gasteiger partial charge < -0.3 is 10.5 Å². The summed E-state index contributed by atoms with van der Waals surface area (Å²) < 4.78 is 64.8. The number of aromatic nitrogens is 1. The number of carbonyl (C=O) groups excluding carboxylic acids is 1. The second-order valence-electron chi connectivity index (χ2n) is 3.19. The molecule has 10 heteroatoms. The first kappa shape index (κ1) is 15.6. The van der Waals surface area contributed by atoms with Gasteiger partial charge in [0.2, 0.25) is 0 Å². The van der Waals surface area contributed by atoms with E-state index < -0.39 is 47.3 Å². The number of alkyl halides is 5. The number of nitrogens with zero attached hydrogens (tertiary/aromatic N) is 1. The molecule has 1 rings (SSSR count). The van der Waals surface area contributed by atoms with E-state index in [-0.39, 0.29) is 0 Å². The Bertz CT molecular complexity index is 492. The highest BCUT2D eigenvalue weighted by Crippen LogP contribution is 2.32. The molecule has 1 aromatic rings. The summed E-state index contributed by atoms with van der Waals surface area (Å²) >= 11 is 5.08. The van der Waals surface area contributed by atoms with E-state index in [1.54, 1.807) is 0 Å². The lowest BCUT2D eigenvalue weighted by atomic mass is 10.1. The minimum absolute atomic E-state index is 0.299. The number of ether oxygens (including phenoxy) is 1. The van der Waals surface area contributed by atoms with Crippen molar-refractivity contribution in [2.45, 2.75) is 19.3 Å². The molecule has 0 atom stereocenters. The monoisotopic (exact) mass is 304 g/mol. The van der Waals surface area contributed by atoms with Crippen LogP contribution in [0.3, 0.4) is 0 Å². The number of halogens is 6. The Morgan fingerprint density at radius 2 is 2.05 bits per heavy atom. The zero-order chi connectivity index (χ0) is 14.8. The van der Waals surface area contributed by atoms with E-state index in [0.717, 1.165) is 0 Å². The molecule has 0 bridgehead atoms. The van der Waals surface area contributed by atoms with Crippen molar-refractivity contribution in [3.8, 4) is 5.75 Å². The summed E-state index contributed by atoms with van der Waals surface area (Å²) in [7, 11) is 0. The minimum atomic E-state index is -5.17. The van der Waals surface area contributed by atoms with E-state index in [2.05, 4.69) is 9.72 Å². The van der Waals surface area contributed by atoms with Gasteiger partial charge in [-0.05, 0) is 11.6 Å². The van der Waals surface area contributed by atoms with Gasteiger partial charge in [-0.25, -0.2) is 13.8 Å². The number of pyridine rings is 1. The first-order chi connectivity index (χ1) is 8.65. The summed E-state index contributed by atoms with van der Waals surface area (Å²) in [5.74, 6) is -1.15. The average molecular weight is 305 g/mol. The SMILES string of the molecule is NCc1nc(C(F)F)cc(OC(F)(F)F)c1C(=O)Cl. The third-order valence-electron chi connectivity index (χ3n) is 1.92. The molecule has 106 valence electrons. The van der Waals surface area contributed by atoms with Crippen LogP contribution in [-0.2, 0) is 6.54 Å². The van der Waals surface area contributed by atoms with E-state index in [1.165, 1.54) is 0 Å². The molecule has 0 saturated carbocycles.